The number of H-pyrrole nitrogens is 1. The number of aromatic nitrogens is 1. The zero-order valence-electron chi connectivity index (χ0n) is 6.10. The van der Waals surface area contributed by atoms with Gasteiger partial charge in [-0.25, -0.2) is 0 Å². The first kappa shape index (κ1) is 9.04. The molecule has 2 N–H and O–H groups in total. The van der Waals surface area contributed by atoms with Crippen LogP contribution in [0.25, 0.3) is 0 Å². The minimum absolute atomic E-state index is 0.244. The van der Waals surface area contributed by atoms with Gasteiger partial charge in [0.25, 0.3) is 5.56 Å². The first-order chi connectivity index (χ1) is 5.74. The average molecular weight is 228 g/mol. The van der Waals surface area contributed by atoms with Gasteiger partial charge in [0.15, 0.2) is 0 Å². The maximum atomic E-state index is 11.0. The molecular formula is C8H6BrNO2. The number of rotatable bonds is 0. The summed E-state index contributed by atoms with van der Waals surface area (Å²) in [6, 6.07) is 1.60. The summed E-state index contributed by atoms with van der Waals surface area (Å²) in [6.45, 7) is -0.244. The number of aliphatic hydroxyl groups excluding tert-OH is 1. The number of hydrogen-bond acceptors (Lipinski definition) is 2. The number of pyridine rings is 1. The smallest absolute Gasteiger partial charge is 0.263 e. The first-order valence-electron chi connectivity index (χ1n) is 3.22. The van der Waals surface area contributed by atoms with Gasteiger partial charge in [0.05, 0.1) is 5.56 Å². The maximum Gasteiger partial charge on any atom is 0.263 e. The molecule has 0 aliphatic carbocycles. The third-order valence-electron chi connectivity index (χ3n) is 1.17. The Morgan fingerprint density at radius 1 is 1.67 bits per heavy atom. The molecule has 62 valence electrons. The molecule has 0 aliphatic heterocycles. The Morgan fingerprint density at radius 3 is 3.08 bits per heavy atom. The zero-order chi connectivity index (χ0) is 8.97. The molecule has 1 rings (SSSR count). The summed E-state index contributed by atoms with van der Waals surface area (Å²) in [4.78, 5) is 13.5. The lowest BCUT2D eigenvalue weighted by Gasteiger charge is -1.89. The lowest BCUT2D eigenvalue weighted by atomic mass is 10.3. The van der Waals surface area contributed by atoms with Crippen LogP contribution in [-0.4, -0.2) is 16.7 Å². The molecule has 0 saturated carbocycles. The monoisotopic (exact) mass is 227 g/mol. The summed E-state index contributed by atoms with van der Waals surface area (Å²) in [5.41, 5.74) is 0.0950. The van der Waals surface area contributed by atoms with E-state index in [9.17, 15) is 4.79 Å². The minimum atomic E-state index is -0.251. The summed E-state index contributed by atoms with van der Waals surface area (Å²) >= 11 is 3.19. The third kappa shape index (κ3) is 2.22. The van der Waals surface area contributed by atoms with Gasteiger partial charge in [-0.1, -0.05) is 11.8 Å². The van der Waals surface area contributed by atoms with Gasteiger partial charge in [-0.15, -0.1) is 0 Å². The van der Waals surface area contributed by atoms with E-state index in [1.54, 1.807) is 6.07 Å². The molecule has 12 heavy (non-hydrogen) atoms. The highest BCUT2D eigenvalue weighted by Gasteiger charge is 1.94. The Bertz CT molecular complexity index is 386. The van der Waals surface area contributed by atoms with Crippen molar-refractivity contribution in [2.45, 2.75) is 0 Å². The Hall–Kier alpha value is -1.05. The van der Waals surface area contributed by atoms with E-state index in [1.165, 1.54) is 6.20 Å². The van der Waals surface area contributed by atoms with Crippen LogP contribution in [0.15, 0.2) is 21.5 Å². The van der Waals surface area contributed by atoms with Crippen molar-refractivity contribution in [2.75, 3.05) is 6.61 Å². The lowest BCUT2D eigenvalue weighted by Crippen LogP contribution is -2.08. The number of nitrogens with one attached hydrogen (secondary N) is 1. The summed E-state index contributed by atoms with van der Waals surface area (Å²) in [5.74, 6) is 4.93. The van der Waals surface area contributed by atoms with E-state index < -0.39 is 0 Å². The van der Waals surface area contributed by atoms with Gasteiger partial charge in [-0.2, -0.15) is 0 Å². The number of aliphatic hydroxyl groups is 1. The highest BCUT2D eigenvalue weighted by molar-refractivity contribution is 9.10. The SMILES string of the molecule is O=c1[nH]cc(Br)cc1C#CCO. The van der Waals surface area contributed by atoms with E-state index in [2.05, 4.69) is 32.8 Å². The van der Waals surface area contributed by atoms with Crippen LogP contribution in [0.2, 0.25) is 0 Å². The normalized spacial score (nSPS) is 8.83. The highest BCUT2D eigenvalue weighted by atomic mass is 79.9. The van der Waals surface area contributed by atoms with Crippen molar-refractivity contribution >= 4 is 15.9 Å². The Kier molecular flexibility index (Phi) is 3.09. The van der Waals surface area contributed by atoms with Crippen molar-refractivity contribution in [1.82, 2.24) is 4.98 Å². The fraction of sp³-hybridized carbons (Fsp3) is 0.125. The fourth-order valence-electron chi connectivity index (χ4n) is 0.685. The number of halogens is 1. The molecule has 3 nitrogen and oxygen atoms in total. The predicted octanol–water partition coefficient (Wildman–Crippen LogP) is 0.481. The van der Waals surface area contributed by atoms with E-state index in [0.717, 1.165) is 4.47 Å². The van der Waals surface area contributed by atoms with Gasteiger partial charge in [-0.3, -0.25) is 4.79 Å². The molecule has 0 aliphatic rings. The zero-order valence-corrected chi connectivity index (χ0v) is 7.68. The van der Waals surface area contributed by atoms with Crippen LogP contribution in [-0.2, 0) is 0 Å². The summed E-state index contributed by atoms with van der Waals surface area (Å²) in [5, 5.41) is 8.39. The molecule has 0 bridgehead atoms. The molecule has 0 aromatic carbocycles. The summed E-state index contributed by atoms with van der Waals surface area (Å²) < 4.78 is 0.754. The van der Waals surface area contributed by atoms with Crippen molar-refractivity contribution in [1.29, 1.82) is 0 Å². The van der Waals surface area contributed by atoms with Gasteiger partial charge < -0.3 is 10.1 Å². The highest BCUT2D eigenvalue weighted by Crippen LogP contribution is 2.05. The largest absolute Gasteiger partial charge is 0.384 e. The summed E-state index contributed by atoms with van der Waals surface area (Å²) in [6.07, 6.45) is 1.53. The second kappa shape index (κ2) is 4.10. The Balaban J connectivity index is 3.14. The molecule has 0 spiro atoms. The van der Waals surface area contributed by atoms with Crippen molar-refractivity contribution in [2.24, 2.45) is 0 Å². The molecule has 1 heterocycles. The van der Waals surface area contributed by atoms with Crippen molar-refractivity contribution in [3.05, 3.63) is 32.7 Å². The van der Waals surface area contributed by atoms with E-state index >= 15 is 0 Å². The molecule has 1 aromatic rings. The van der Waals surface area contributed by atoms with Crippen LogP contribution in [0.1, 0.15) is 5.56 Å². The van der Waals surface area contributed by atoms with Crippen molar-refractivity contribution in [3.8, 4) is 11.8 Å². The van der Waals surface area contributed by atoms with Gasteiger partial charge in [0.1, 0.15) is 6.61 Å². The molecule has 0 fully saturated rings. The number of aromatic amines is 1. The minimum Gasteiger partial charge on any atom is -0.384 e. The molecule has 4 heteroatoms. The number of hydrogen-bond donors (Lipinski definition) is 2. The third-order valence-corrected chi connectivity index (χ3v) is 1.63. The standard InChI is InChI=1S/C8H6BrNO2/c9-7-4-6(2-1-3-11)8(12)10-5-7/h4-5,11H,3H2,(H,10,12). The molecule has 1 aromatic heterocycles. The van der Waals surface area contributed by atoms with E-state index in [4.69, 9.17) is 5.11 Å². The van der Waals surface area contributed by atoms with Crippen LogP contribution in [0.5, 0.6) is 0 Å². The van der Waals surface area contributed by atoms with Crippen LogP contribution in [0, 0.1) is 11.8 Å². The van der Waals surface area contributed by atoms with E-state index in [0.29, 0.717) is 5.56 Å². The van der Waals surface area contributed by atoms with Crippen LogP contribution in [0.3, 0.4) is 0 Å². The van der Waals surface area contributed by atoms with Crippen LogP contribution >= 0.6 is 15.9 Å². The van der Waals surface area contributed by atoms with Gasteiger partial charge in [-0.05, 0) is 22.0 Å². The molecule has 0 unspecified atom stereocenters. The second-order valence-electron chi connectivity index (χ2n) is 2.02. The molecule has 0 atom stereocenters. The van der Waals surface area contributed by atoms with Crippen molar-refractivity contribution < 1.29 is 5.11 Å². The molecular weight excluding hydrogens is 222 g/mol. The second-order valence-corrected chi connectivity index (χ2v) is 2.94. The lowest BCUT2D eigenvalue weighted by molar-refractivity contribution is 0.350. The Morgan fingerprint density at radius 2 is 2.42 bits per heavy atom. The first-order valence-corrected chi connectivity index (χ1v) is 4.01. The fourth-order valence-corrected chi connectivity index (χ4v) is 1.03. The predicted molar refractivity (Wildman–Crippen MR) is 48.7 cm³/mol. The molecule has 0 amide bonds. The van der Waals surface area contributed by atoms with E-state index in [-0.39, 0.29) is 12.2 Å². The molecule has 0 radical (unpaired) electrons. The maximum absolute atomic E-state index is 11.0. The van der Waals surface area contributed by atoms with Crippen LogP contribution in [0.4, 0.5) is 0 Å². The topological polar surface area (TPSA) is 53.1 Å². The summed E-state index contributed by atoms with van der Waals surface area (Å²) in [7, 11) is 0. The van der Waals surface area contributed by atoms with Crippen molar-refractivity contribution in [3.63, 3.8) is 0 Å². The van der Waals surface area contributed by atoms with E-state index in [1.807, 2.05) is 0 Å². The average Bonchev–Trinajstić information content (AvgIpc) is 2.07. The quantitative estimate of drug-likeness (QED) is 0.634. The molecule has 0 saturated heterocycles. The van der Waals surface area contributed by atoms with Gasteiger partial charge in [0.2, 0.25) is 0 Å². The Labute approximate surface area is 77.6 Å². The van der Waals surface area contributed by atoms with Gasteiger partial charge >= 0.3 is 0 Å². The van der Waals surface area contributed by atoms with Crippen LogP contribution < -0.4 is 5.56 Å². The van der Waals surface area contributed by atoms with Gasteiger partial charge in [0, 0.05) is 10.7 Å².